The summed E-state index contributed by atoms with van der Waals surface area (Å²) in [5, 5.41) is 0. The van der Waals surface area contributed by atoms with Crippen LogP contribution in [0.5, 0.6) is 5.75 Å². The van der Waals surface area contributed by atoms with Gasteiger partial charge in [0.05, 0.1) is 0 Å². The molecule has 0 aliphatic rings. The number of benzene rings is 2. The van der Waals surface area contributed by atoms with Crippen molar-refractivity contribution in [2.24, 2.45) is 0 Å². The molecule has 202 valence electrons. The van der Waals surface area contributed by atoms with Gasteiger partial charge < -0.3 is 9.42 Å². The van der Waals surface area contributed by atoms with Gasteiger partial charge in [-0.25, -0.2) is 0 Å². The summed E-state index contributed by atoms with van der Waals surface area (Å²) in [6.45, 7) is 4.51. The molecular formula is C30H46MoO2PS2-. The van der Waals surface area contributed by atoms with Crippen LogP contribution in [-0.4, -0.2) is 0 Å². The van der Waals surface area contributed by atoms with Crippen molar-refractivity contribution in [1.29, 1.82) is 0 Å². The van der Waals surface area contributed by atoms with E-state index in [0.717, 1.165) is 36.1 Å². The minimum absolute atomic E-state index is 0. The average molecular weight is 630 g/mol. The maximum atomic E-state index is 13.4. The number of rotatable bonds is 20. The monoisotopic (exact) mass is 631 g/mol. The minimum Gasteiger partial charge on any atom is -0.783 e. The van der Waals surface area contributed by atoms with Crippen LogP contribution in [0.3, 0.4) is 0 Å². The van der Waals surface area contributed by atoms with Gasteiger partial charge in [0.15, 0.2) is 0 Å². The summed E-state index contributed by atoms with van der Waals surface area (Å²) >= 11 is 6.75. The normalized spacial score (nSPS) is 12.6. The standard InChI is InChI=1S/C30H47O2PS2.Mo/c1-3-5-7-9-11-13-15-21-27-22-17-19-25-29(27)32-33(31,34)35-30-26-20-18-24-28(30)23-16-14-12-10-8-6-4-2;/h17-20,22,24-26H,3-16,21,23H2,1-2H3,(H,31,34);/p-1. The van der Waals surface area contributed by atoms with Crippen molar-refractivity contribution >= 4 is 28.9 Å². The molecule has 0 heterocycles. The predicted octanol–water partition coefficient (Wildman–Crippen LogP) is 10.0. The molecule has 2 rings (SSSR count). The second-order valence-corrected chi connectivity index (χ2v) is 15.4. The molecule has 0 fully saturated rings. The zero-order chi connectivity index (χ0) is 25.2. The van der Waals surface area contributed by atoms with Gasteiger partial charge >= 0.3 is 0 Å². The maximum Gasteiger partial charge on any atom is 0.126 e. The van der Waals surface area contributed by atoms with Gasteiger partial charge in [-0.1, -0.05) is 150 Å². The van der Waals surface area contributed by atoms with Crippen LogP contribution in [-0.2, 0) is 45.7 Å². The van der Waals surface area contributed by atoms with Crippen LogP contribution < -0.4 is 9.42 Å². The SMILES string of the molecule is CCCCCCCCCc1ccccc1OP([O-])(=S)Sc1ccccc1CCCCCCCCC.[Mo]. The molecule has 0 saturated carbocycles. The Morgan fingerprint density at radius 3 is 1.69 bits per heavy atom. The fourth-order valence-electron chi connectivity index (χ4n) is 4.40. The summed E-state index contributed by atoms with van der Waals surface area (Å²) in [5.74, 6) is 0.689. The van der Waals surface area contributed by atoms with Gasteiger partial charge in [-0.2, -0.15) is 0 Å². The molecule has 6 heteroatoms. The van der Waals surface area contributed by atoms with E-state index in [4.69, 9.17) is 16.3 Å². The predicted molar refractivity (Wildman–Crippen MR) is 157 cm³/mol. The summed E-state index contributed by atoms with van der Waals surface area (Å²) in [5.41, 5.74) is -0.959. The molecule has 2 aromatic rings. The van der Waals surface area contributed by atoms with E-state index in [9.17, 15) is 4.89 Å². The summed E-state index contributed by atoms with van der Waals surface area (Å²) in [7, 11) is 0. The van der Waals surface area contributed by atoms with Crippen molar-refractivity contribution in [2.45, 2.75) is 121 Å². The molecule has 36 heavy (non-hydrogen) atoms. The Bertz CT molecular complexity index is 810. The molecule has 0 N–H and O–H groups in total. The first-order chi connectivity index (χ1) is 17.1. The smallest absolute Gasteiger partial charge is 0.126 e. The van der Waals surface area contributed by atoms with Crippen LogP contribution in [0.2, 0.25) is 0 Å². The molecule has 1 unspecified atom stereocenters. The first-order valence-corrected chi connectivity index (χ1v) is 18.0. The van der Waals surface area contributed by atoms with Crippen molar-refractivity contribution in [1.82, 2.24) is 0 Å². The number of para-hydroxylation sites is 1. The molecule has 0 aliphatic heterocycles. The molecule has 0 aromatic heterocycles. The van der Waals surface area contributed by atoms with Crippen LogP contribution >= 0.6 is 17.1 Å². The third kappa shape index (κ3) is 14.7. The first kappa shape index (κ1) is 33.9. The van der Waals surface area contributed by atoms with Crippen LogP contribution in [0, 0.1) is 0 Å². The van der Waals surface area contributed by atoms with Gasteiger partial charge in [-0.05, 0) is 48.9 Å². The van der Waals surface area contributed by atoms with Crippen LogP contribution in [0.15, 0.2) is 53.4 Å². The van der Waals surface area contributed by atoms with E-state index in [1.807, 2.05) is 30.3 Å². The van der Waals surface area contributed by atoms with E-state index in [-0.39, 0.29) is 21.1 Å². The number of hydrogen-bond donors (Lipinski definition) is 0. The molecule has 1 atom stereocenters. The number of hydrogen-bond acceptors (Lipinski definition) is 4. The molecule has 2 aromatic carbocycles. The summed E-state index contributed by atoms with van der Waals surface area (Å²) in [4.78, 5) is 14.4. The van der Waals surface area contributed by atoms with E-state index >= 15 is 0 Å². The second kappa shape index (κ2) is 20.8. The fraction of sp³-hybridized carbons (Fsp3) is 0.600. The minimum atomic E-state index is -3.31. The Hall–Kier alpha value is -0.112. The average Bonchev–Trinajstić information content (AvgIpc) is 2.84. The molecule has 2 nitrogen and oxygen atoms in total. The van der Waals surface area contributed by atoms with E-state index in [1.54, 1.807) is 0 Å². The van der Waals surface area contributed by atoms with E-state index < -0.39 is 5.69 Å². The van der Waals surface area contributed by atoms with Crippen molar-refractivity contribution in [3.63, 3.8) is 0 Å². The molecule has 0 aliphatic carbocycles. The third-order valence-electron chi connectivity index (χ3n) is 6.46. The van der Waals surface area contributed by atoms with Crippen LogP contribution in [0.4, 0.5) is 0 Å². The quantitative estimate of drug-likeness (QED) is 0.0829. The van der Waals surface area contributed by atoms with Crippen molar-refractivity contribution in [3.8, 4) is 5.75 Å². The largest absolute Gasteiger partial charge is 0.783 e. The zero-order valence-electron chi connectivity index (χ0n) is 22.4. The summed E-state index contributed by atoms with van der Waals surface area (Å²) in [6, 6.07) is 16.2. The Balaban J connectivity index is 0.00000648. The first-order valence-electron chi connectivity index (χ1n) is 13.9. The number of unbranched alkanes of at least 4 members (excludes halogenated alkanes) is 12. The fourth-order valence-corrected chi connectivity index (χ4v) is 8.10. The molecule has 0 radical (unpaired) electrons. The van der Waals surface area contributed by atoms with Crippen LogP contribution in [0.25, 0.3) is 0 Å². The van der Waals surface area contributed by atoms with E-state index in [0.29, 0.717) is 5.75 Å². The molecule has 0 amide bonds. The Labute approximate surface area is 245 Å². The second-order valence-electron chi connectivity index (χ2n) is 9.59. The zero-order valence-corrected chi connectivity index (χ0v) is 27.0. The van der Waals surface area contributed by atoms with Gasteiger partial charge in [0.2, 0.25) is 0 Å². The number of aryl methyl sites for hydroxylation is 2. The van der Waals surface area contributed by atoms with E-state index in [1.165, 1.54) is 94.0 Å². The van der Waals surface area contributed by atoms with Gasteiger partial charge in [0, 0.05) is 26.0 Å². The molecule has 0 spiro atoms. The Morgan fingerprint density at radius 2 is 1.11 bits per heavy atom. The van der Waals surface area contributed by atoms with Crippen molar-refractivity contribution in [2.75, 3.05) is 0 Å². The van der Waals surface area contributed by atoms with Gasteiger partial charge in [0.1, 0.15) is 11.4 Å². The van der Waals surface area contributed by atoms with Gasteiger partial charge in [0.25, 0.3) is 0 Å². The molecule has 0 bridgehead atoms. The van der Waals surface area contributed by atoms with Gasteiger partial charge in [-0.3, -0.25) is 0 Å². The van der Waals surface area contributed by atoms with E-state index in [2.05, 4.69) is 32.0 Å². The Morgan fingerprint density at radius 1 is 0.667 bits per heavy atom. The van der Waals surface area contributed by atoms with Crippen molar-refractivity contribution < 1.29 is 30.5 Å². The summed E-state index contributed by atoms with van der Waals surface area (Å²) < 4.78 is 6.02. The molecule has 0 saturated heterocycles. The maximum absolute atomic E-state index is 13.4. The summed E-state index contributed by atoms with van der Waals surface area (Å²) in [6.07, 6.45) is 19.9. The van der Waals surface area contributed by atoms with Gasteiger partial charge in [-0.15, -0.1) is 0 Å². The van der Waals surface area contributed by atoms with Crippen molar-refractivity contribution in [3.05, 3.63) is 59.7 Å². The van der Waals surface area contributed by atoms with Crippen LogP contribution in [0.1, 0.15) is 115 Å². The third-order valence-corrected chi connectivity index (χ3v) is 10.1. The Kier molecular flexibility index (Phi) is 19.6. The molecular weight excluding hydrogens is 583 g/mol. The topological polar surface area (TPSA) is 32.3 Å².